The van der Waals surface area contributed by atoms with Gasteiger partial charge in [0.2, 0.25) is 10.0 Å². The molecule has 0 radical (unpaired) electrons. The fourth-order valence-electron chi connectivity index (χ4n) is 2.87. The van der Waals surface area contributed by atoms with E-state index in [1.165, 1.54) is 6.20 Å². The van der Waals surface area contributed by atoms with Gasteiger partial charge in [-0.2, -0.15) is 9.40 Å². The molecule has 0 bridgehead atoms. The van der Waals surface area contributed by atoms with Crippen LogP contribution in [0.5, 0.6) is 0 Å². The maximum Gasteiger partial charge on any atom is 0.246 e. The molecule has 1 aromatic heterocycles. The second-order valence-corrected chi connectivity index (χ2v) is 7.88. The summed E-state index contributed by atoms with van der Waals surface area (Å²) in [5, 5.41) is 4.19. The van der Waals surface area contributed by atoms with Crippen LogP contribution in [-0.4, -0.2) is 42.1 Å². The molecule has 0 aliphatic carbocycles. The summed E-state index contributed by atoms with van der Waals surface area (Å²) >= 11 is 0. The lowest BCUT2D eigenvalue weighted by Crippen LogP contribution is -2.39. The lowest BCUT2D eigenvalue weighted by atomic mass is 9.99. The third-order valence-electron chi connectivity index (χ3n) is 4.34. The number of benzene rings is 1. The van der Waals surface area contributed by atoms with Crippen molar-refractivity contribution in [1.82, 2.24) is 14.1 Å². The van der Waals surface area contributed by atoms with E-state index in [1.807, 2.05) is 30.3 Å². The molecular weight excluding hydrogens is 312 g/mol. The van der Waals surface area contributed by atoms with Gasteiger partial charge in [-0.3, -0.25) is 4.68 Å². The molecule has 1 aliphatic heterocycles. The zero-order valence-corrected chi connectivity index (χ0v) is 13.8. The summed E-state index contributed by atoms with van der Waals surface area (Å²) in [5.74, 6) is 0.433. The first-order valence-electron chi connectivity index (χ1n) is 7.86. The van der Waals surface area contributed by atoms with Crippen LogP contribution in [0.25, 0.3) is 0 Å². The molecule has 1 fully saturated rings. The third-order valence-corrected chi connectivity index (χ3v) is 6.19. The number of hydrogen-bond acceptors (Lipinski definition) is 4. The Bertz CT molecular complexity index is 734. The highest BCUT2D eigenvalue weighted by Crippen LogP contribution is 2.23. The Morgan fingerprint density at radius 3 is 2.52 bits per heavy atom. The molecule has 1 aromatic carbocycles. The van der Waals surface area contributed by atoms with Gasteiger partial charge in [-0.05, 0) is 30.9 Å². The number of nitrogens with two attached hydrogens (primary N) is 1. The summed E-state index contributed by atoms with van der Waals surface area (Å²) < 4.78 is 28.6. The summed E-state index contributed by atoms with van der Waals surface area (Å²) in [5.41, 5.74) is 6.75. The van der Waals surface area contributed by atoms with Crippen LogP contribution in [0.4, 0.5) is 0 Å². The van der Waals surface area contributed by atoms with Crippen molar-refractivity contribution in [1.29, 1.82) is 0 Å². The highest BCUT2D eigenvalue weighted by atomic mass is 32.2. The molecule has 124 valence electrons. The van der Waals surface area contributed by atoms with Crippen LogP contribution in [0, 0.1) is 5.92 Å². The molecule has 6 nitrogen and oxygen atoms in total. The van der Waals surface area contributed by atoms with Gasteiger partial charge < -0.3 is 5.73 Å². The largest absolute Gasteiger partial charge is 0.330 e. The number of nitrogens with zero attached hydrogens (tertiary/aromatic N) is 3. The fourth-order valence-corrected chi connectivity index (χ4v) is 4.29. The minimum Gasteiger partial charge on any atom is -0.330 e. The van der Waals surface area contributed by atoms with Gasteiger partial charge in [0.15, 0.2) is 0 Å². The number of rotatable bonds is 5. The van der Waals surface area contributed by atoms with Crippen LogP contribution < -0.4 is 5.73 Å². The Kier molecular flexibility index (Phi) is 4.79. The van der Waals surface area contributed by atoms with Crippen LogP contribution in [0.1, 0.15) is 18.4 Å². The number of sulfonamides is 1. The van der Waals surface area contributed by atoms with E-state index in [9.17, 15) is 8.42 Å². The zero-order valence-electron chi connectivity index (χ0n) is 13.0. The van der Waals surface area contributed by atoms with Gasteiger partial charge in [0.25, 0.3) is 0 Å². The van der Waals surface area contributed by atoms with Gasteiger partial charge in [-0.15, -0.1) is 0 Å². The number of piperidine rings is 1. The standard InChI is InChI=1S/C16H22N4O2S/c17-10-14-6-8-20(9-7-14)23(21,22)16-11-18-19(13-16)12-15-4-2-1-3-5-15/h1-5,11,13-14H,6-10,12,17H2. The van der Waals surface area contributed by atoms with Crippen LogP contribution in [-0.2, 0) is 16.6 Å². The molecule has 2 heterocycles. The number of hydrogen-bond donors (Lipinski definition) is 1. The molecule has 0 amide bonds. The van der Waals surface area contributed by atoms with Crippen molar-refractivity contribution in [3.05, 3.63) is 48.3 Å². The first-order valence-corrected chi connectivity index (χ1v) is 9.30. The van der Waals surface area contributed by atoms with E-state index < -0.39 is 10.0 Å². The quantitative estimate of drug-likeness (QED) is 0.893. The second-order valence-electron chi connectivity index (χ2n) is 5.94. The van der Waals surface area contributed by atoms with Gasteiger partial charge in [-0.1, -0.05) is 30.3 Å². The first-order chi connectivity index (χ1) is 11.1. The average molecular weight is 334 g/mol. The normalized spacial score (nSPS) is 17.4. The molecule has 1 aliphatic rings. The molecule has 2 N–H and O–H groups in total. The highest BCUT2D eigenvalue weighted by molar-refractivity contribution is 7.89. The summed E-state index contributed by atoms with van der Waals surface area (Å²) in [6.45, 7) is 2.26. The van der Waals surface area contributed by atoms with E-state index in [-0.39, 0.29) is 4.90 Å². The summed E-state index contributed by atoms with van der Waals surface area (Å²) in [4.78, 5) is 0.264. The zero-order chi connectivity index (χ0) is 16.3. The smallest absolute Gasteiger partial charge is 0.246 e. The minimum atomic E-state index is -3.46. The molecule has 2 aromatic rings. The third kappa shape index (κ3) is 3.63. The molecule has 1 saturated heterocycles. The minimum absolute atomic E-state index is 0.264. The predicted octanol–water partition coefficient (Wildman–Crippen LogP) is 1.29. The van der Waals surface area contributed by atoms with E-state index in [0.717, 1.165) is 18.4 Å². The molecule has 0 spiro atoms. The van der Waals surface area contributed by atoms with Gasteiger partial charge in [0.1, 0.15) is 4.90 Å². The fraction of sp³-hybridized carbons (Fsp3) is 0.438. The predicted molar refractivity (Wildman–Crippen MR) is 88.3 cm³/mol. The van der Waals surface area contributed by atoms with Crippen molar-refractivity contribution in [2.75, 3.05) is 19.6 Å². The highest BCUT2D eigenvalue weighted by Gasteiger charge is 2.29. The van der Waals surface area contributed by atoms with E-state index >= 15 is 0 Å². The van der Waals surface area contributed by atoms with E-state index in [1.54, 1.807) is 15.2 Å². The van der Waals surface area contributed by atoms with Gasteiger partial charge >= 0.3 is 0 Å². The Balaban J connectivity index is 1.71. The van der Waals surface area contributed by atoms with Crippen molar-refractivity contribution in [3.8, 4) is 0 Å². The summed E-state index contributed by atoms with van der Waals surface area (Å²) in [6.07, 6.45) is 4.70. The monoisotopic (exact) mass is 334 g/mol. The second kappa shape index (κ2) is 6.82. The van der Waals surface area contributed by atoms with Gasteiger partial charge in [0.05, 0.1) is 12.7 Å². The molecule has 7 heteroatoms. The Hall–Kier alpha value is -1.70. The van der Waals surface area contributed by atoms with Crippen molar-refractivity contribution < 1.29 is 8.42 Å². The van der Waals surface area contributed by atoms with Crippen LogP contribution >= 0.6 is 0 Å². The van der Waals surface area contributed by atoms with E-state index in [4.69, 9.17) is 5.73 Å². The topological polar surface area (TPSA) is 81.2 Å². The average Bonchev–Trinajstić information content (AvgIpc) is 3.05. The molecular formula is C16H22N4O2S. The molecule has 3 rings (SSSR count). The lowest BCUT2D eigenvalue weighted by molar-refractivity contribution is 0.278. The molecule has 0 unspecified atom stereocenters. The Labute approximate surface area is 137 Å². The van der Waals surface area contributed by atoms with Crippen LogP contribution in [0.2, 0.25) is 0 Å². The maximum atomic E-state index is 12.7. The van der Waals surface area contributed by atoms with E-state index in [0.29, 0.717) is 32.1 Å². The van der Waals surface area contributed by atoms with Gasteiger partial charge in [-0.25, -0.2) is 8.42 Å². The van der Waals surface area contributed by atoms with Crippen LogP contribution in [0.3, 0.4) is 0 Å². The first kappa shape index (κ1) is 16.2. The van der Waals surface area contributed by atoms with E-state index in [2.05, 4.69) is 5.10 Å². The summed E-state index contributed by atoms with van der Waals surface area (Å²) in [6, 6.07) is 9.85. The van der Waals surface area contributed by atoms with Crippen molar-refractivity contribution in [2.24, 2.45) is 11.7 Å². The summed E-state index contributed by atoms with van der Waals surface area (Å²) in [7, 11) is -3.46. The van der Waals surface area contributed by atoms with Gasteiger partial charge in [0, 0.05) is 19.3 Å². The molecule has 23 heavy (non-hydrogen) atoms. The van der Waals surface area contributed by atoms with Crippen molar-refractivity contribution >= 4 is 10.0 Å². The molecule has 0 atom stereocenters. The number of aromatic nitrogens is 2. The maximum absolute atomic E-state index is 12.7. The SMILES string of the molecule is NCC1CCN(S(=O)(=O)c2cnn(Cc3ccccc3)c2)CC1. The Morgan fingerprint density at radius 1 is 1.17 bits per heavy atom. The van der Waals surface area contributed by atoms with Crippen LogP contribution in [0.15, 0.2) is 47.6 Å². The Morgan fingerprint density at radius 2 is 1.87 bits per heavy atom. The lowest BCUT2D eigenvalue weighted by Gasteiger charge is -2.30. The molecule has 0 saturated carbocycles. The van der Waals surface area contributed by atoms with Crippen molar-refractivity contribution in [3.63, 3.8) is 0 Å². The van der Waals surface area contributed by atoms with Crippen molar-refractivity contribution in [2.45, 2.75) is 24.3 Å².